The van der Waals surface area contributed by atoms with E-state index in [1.54, 1.807) is 0 Å². The van der Waals surface area contributed by atoms with E-state index in [2.05, 4.69) is 45.5 Å². The Balaban J connectivity index is 1.73. The molecule has 1 saturated heterocycles. The molecule has 2 heterocycles. The lowest BCUT2D eigenvalue weighted by Gasteiger charge is -2.36. The van der Waals surface area contributed by atoms with Gasteiger partial charge in [-0.1, -0.05) is 30.3 Å². The Kier molecular flexibility index (Phi) is 3.36. The normalized spacial score (nSPS) is 26.6. The summed E-state index contributed by atoms with van der Waals surface area (Å²) < 4.78 is 12.8. The average Bonchev–Trinajstić information content (AvgIpc) is 2.97. The quantitative estimate of drug-likeness (QED) is 0.877. The molecule has 0 saturated carbocycles. The molecule has 4 heteroatoms. The van der Waals surface area contributed by atoms with Crippen molar-refractivity contribution >= 4 is 21.6 Å². The number of hydrogen-bond donors (Lipinski definition) is 1. The fourth-order valence-corrected chi connectivity index (χ4v) is 3.56. The second-order valence-electron chi connectivity index (χ2n) is 5.45. The molecule has 0 aromatic heterocycles. The Hall–Kier alpha value is -1.52. The van der Waals surface area contributed by atoms with Gasteiger partial charge < -0.3 is 14.8 Å². The number of hydrogen-bond acceptors (Lipinski definition) is 3. The smallest absolute Gasteiger partial charge is 0.205 e. The Labute approximate surface area is 132 Å². The van der Waals surface area contributed by atoms with E-state index in [0.29, 0.717) is 5.92 Å². The maximum Gasteiger partial charge on any atom is 0.205 e. The first-order valence-corrected chi connectivity index (χ1v) is 8.00. The van der Waals surface area contributed by atoms with Crippen LogP contribution in [0.3, 0.4) is 0 Å². The van der Waals surface area contributed by atoms with E-state index in [1.165, 1.54) is 5.56 Å². The van der Waals surface area contributed by atoms with Gasteiger partial charge in [0.15, 0.2) is 0 Å². The Morgan fingerprint density at radius 3 is 2.76 bits per heavy atom. The van der Waals surface area contributed by atoms with Gasteiger partial charge in [-0.25, -0.2) is 0 Å². The van der Waals surface area contributed by atoms with Gasteiger partial charge in [0.2, 0.25) is 6.29 Å². The molecule has 2 aliphatic rings. The number of nitrogens with one attached hydrogen (secondary N) is 1. The molecule has 3 atom stereocenters. The first-order valence-electron chi connectivity index (χ1n) is 7.21. The van der Waals surface area contributed by atoms with E-state index in [4.69, 9.17) is 9.47 Å². The molecule has 0 unspecified atom stereocenters. The second kappa shape index (κ2) is 5.35. The number of fused-ring (bicyclic) bond motifs is 2. The van der Waals surface area contributed by atoms with Crippen LogP contribution in [0.5, 0.6) is 5.75 Å². The van der Waals surface area contributed by atoms with Crippen LogP contribution in [0.15, 0.2) is 53.0 Å². The van der Waals surface area contributed by atoms with Crippen molar-refractivity contribution in [2.75, 3.05) is 11.9 Å². The molecule has 1 fully saturated rings. The maximum absolute atomic E-state index is 5.98. The third-order valence-electron chi connectivity index (χ3n) is 4.19. The average molecular weight is 346 g/mol. The summed E-state index contributed by atoms with van der Waals surface area (Å²) in [5.41, 5.74) is 2.31. The predicted octanol–water partition coefficient (Wildman–Crippen LogP) is 4.36. The molecule has 0 aliphatic carbocycles. The van der Waals surface area contributed by atoms with E-state index < -0.39 is 0 Å². The van der Waals surface area contributed by atoms with Gasteiger partial charge in [0.1, 0.15) is 5.75 Å². The lowest BCUT2D eigenvalue weighted by molar-refractivity contribution is -0.0747. The summed E-state index contributed by atoms with van der Waals surface area (Å²) in [5.74, 6) is 1.26. The van der Waals surface area contributed by atoms with E-state index in [-0.39, 0.29) is 12.3 Å². The van der Waals surface area contributed by atoms with E-state index in [1.807, 2.05) is 24.3 Å². The van der Waals surface area contributed by atoms with E-state index in [0.717, 1.165) is 28.9 Å². The van der Waals surface area contributed by atoms with Crippen molar-refractivity contribution < 1.29 is 9.47 Å². The van der Waals surface area contributed by atoms with Gasteiger partial charge in [0, 0.05) is 21.6 Å². The zero-order chi connectivity index (χ0) is 14.2. The fourth-order valence-electron chi connectivity index (χ4n) is 3.16. The first kappa shape index (κ1) is 13.2. The lowest BCUT2D eigenvalue weighted by atomic mass is 9.88. The number of anilines is 1. The standard InChI is InChI=1S/C17H16BrNO2/c18-13-6-2-3-7-14(13)19-16-11-5-1-4-8-15(11)21-17-12(16)9-10-20-17/h1-8,12,16-17,19H,9-10H2/t12-,16-,17+/m1/s1. The molecule has 21 heavy (non-hydrogen) atoms. The molecule has 108 valence electrons. The molecule has 2 aromatic rings. The van der Waals surface area contributed by atoms with Crippen LogP contribution in [-0.4, -0.2) is 12.9 Å². The van der Waals surface area contributed by atoms with Crippen LogP contribution in [0.4, 0.5) is 5.69 Å². The third-order valence-corrected chi connectivity index (χ3v) is 4.88. The first-order chi connectivity index (χ1) is 10.3. The highest BCUT2D eigenvalue weighted by molar-refractivity contribution is 9.10. The number of benzene rings is 2. The van der Waals surface area contributed by atoms with E-state index >= 15 is 0 Å². The molecule has 2 aromatic carbocycles. The van der Waals surface area contributed by atoms with Crippen molar-refractivity contribution in [3.8, 4) is 5.75 Å². The summed E-state index contributed by atoms with van der Waals surface area (Å²) >= 11 is 3.61. The van der Waals surface area contributed by atoms with Gasteiger partial charge >= 0.3 is 0 Å². The monoisotopic (exact) mass is 345 g/mol. The zero-order valence-corrected chi connectivity index (χ0v) is 13.0. The molecule has 0 amide bonds. The van der Waals surface area contributed by atoms with Gasteiger partial charge in [0.05, 0.1) is 12.6 Å². The predicted molar refractivity (Wildman–Crippen MR) is 85.4 cm³/mol. The van der Waals surface area contributed by atoms with Gasteiger partial charge in [-0.2, -0.15) is 0 Å². The molecule has 2 aliphatic heterocycles. The Bertz CT molecular complexity index is 661. The highest BCUT2D eigenvalue weighted by Crippen LogP contribution is 2.45. The van der Waals surface area contributed by atoms with Crippen LogP contribution in [0.25, 0.3) is 0 Å². The van der Waals surface area contributed by atoms with Crippen molar-refractivity contribution in [2.45, 2.75) is 18.8 Å². The van der Waals surface area contributed by atoms with Crippen LogP contribution in [0.1, 0.15) is 18.0 Å². The molecular weight excluding hydrogens is 330 g/mol. The SMILES string of the molecule is Brc1ccccc1N[C@@H]1c2ccccc2O[C@@H]2OCC[C@@H]21. The zero-order valence-electron chi connectivity index (χ0n) is 11.5. The highest BCUT2D eigenvalue weighted by atomic mass is 79.9. The molecule has 0 radical (unpaired) electrons. The number of halogens is 1. The second-order valence-corrected chi connectivity index (χ2v) is 6.30. The summed E-state index contributed by atoms with van der Waals surface area (Å²) in [6, 6.07) is 16.6. The van der Waals surface area contributed by atoms with Crippen molar-refractivity contribution in [1.82, 2.24) is 0 Å². The summed E-state index contributed by atoms with van der Waals surface area (Å²) in [5, 5.41) is 3.67. The van der Waals surface area contributed by atoms with Crippen molar-refractivity contribution in [2.24, 2.45) is 5.92 Å². The summed E-state index contributed by atoms with van der Waals surface area (Å²) in [6.07, 6.45) is 0.876. The molecule has 3 nitrogen and oxygen atoms in total. The minimum atomic E-state index is -0.139. The highest BCUT2D eigenvalue weighted by Gasteiger charge is 2.42. The van der Waals surface area contributed by atoms with Gasteiger partial charge in [0.25, 0.3) is 0 Å². The van der Waals surface area contributed by atoms with Crippen molar-refractivity contribution in [3.05, 3.63) is 58.6 Å². The molecular formula is C17H16BrNO2. The van der Waals surface area contributed by atoms with E-state index in [9.17, 15) is 0 Å². The van der Waals surface area contributed by atoms with Crippen LogP contribution < -0.4 is 10.1 Å². The molecule has 0 bridgehead atoms. The topological polar surface area (TPSA) is 30.5 Å². The summed E-state index contributed by atoms with van der Waals surface area (Å²) in [7, 11) is 0. The minimum Gasteiger partial charge on any atom is -0.464 e. The van der Waals surface area contributed by atoms with Crippen molar-refractivity contribution in [1.29, 1.82) is 0 Å². The van der Waals surface area contributed by atoms with Crippen LogP contribution in [0, 0.1) is 5.92 Å². The van der Waals surface area contributed by atoms with Crippen LogP contribution in [0.2, 0.25) is 0 Å². The van der Waals surface area contributed by atoms with Crippen LogP contribution in [-0.2, 0) is 4.74 Å². The lowest BCUT2D eigenvalue weighted by Crippen LogP contribution is -2.36. The largest absolute Gasteiger partial charge is 0.464 e. The fraction of sp³-hybridized carbons (Fsp3) is 0.294. The van der Waals surface area contributed by atoms with Gasteiger partial charge in [-0.3, -0.25) is 0 Å². The number of rotatable bonds is 2. The molecule has 4 rings (SSSR count). The minimum absolute atomic E-state index is 0.139. The molecule has 0 spiro atoms. The maximum atomic E-state index is 5.98. The van der Waals surface area contributed by atoms with Gasteiger partial charge in [-0.15, -0.1) is 0 Å². The number of para-hydroxylation sites is 2. The summed E-state index contributed by atoms with van der Waals surface area (Å²) in [6.45, 7) is 0.761. The van der Waals surface area contributed by atoms with Gasteiger partial charge in [-0.05, 0) is 40.5 Å². The summed E-state index contributed by atoms with van der Waals surface area (Å²) in [4.78, 5) is 0. The van der Waals surface area contributed by atoms with Crippen LogP contribution >= 0.6 is 15.9 Å². The van der Waals surface area contributed by atoms with Crippen molar-refractivity contribution in [3.63, 3.8) is 0 Å². The Morgan fingerprint density at radius 1 is 1.05 bits per heavy atom. The number of ether oxygens (including phenoxy) is 2. The Morgan fingerprint density at radius 2 is 1.86 bits per heavy atom. The third kappa shape index (κ3) is 2.32. The molecule has 1 N–H and O–H groups in total.